The van der Waals surface area contributed by atoms with E-state index in [1.165, 1.54) is 6.92 Å². The largest absolute Gasteiger partial charge is 0.329 e. The molecular weight excluding hydrogens is 204 g/mol. The van der Waals surface area contributed by atoms with Gasteiger partial charge >= 0.3 is 0 Å². The Morgan fingerprint density at radius 1 is 1.43 bits per heavy atom. The molecule has 0 aliphatic carbocycles. The van der Waals surface area contributed by atoms with Gasteiger partial charge in [0, 0.05) is 6.54 Å². The van der Waals surface area contributed by atoms with Crippen molar-refractivity contribution in [2.45, 2.75) is 27.2 Å². The van der Waals surface area contributed by atoms with Crippen LogP contribution in [0.5, 0.6) is 0 Å². The van der Waals surface area contributed by atoms with Gasteiger partial charge in [0.25, 0.3) is 0 Å². The molecule has 0 spiro atoms. The summed E-state index contributed by atoms with van der Waals surface area (Å²) < 4.78 is 24.2. The third-order valence-corrected chi connectivity index (χ3v) is 3.66. The second-order valence-electron chi connectivity index (χ2n) is 3.45. The summed E-state index contributed by atoms with van der Waals surface area (Å²) >= 11 is 0. The first-order chi connectivity index (χ1) is 6.31. The molecule has 0 aliphatic heterocycles. The van der Waals surface area contributed by atoms with Gasteiger partial charge < -0.3 is 5.73 Å². The van der Waals surface area contributed by atoms with Crippen LogP contribution < -0.4 is 10.5 Å². The molecule has 0 radical (unpaired) electrons. The lowest BCUT2D eigenvalue weighted by Crippen LogP contribution is -2.46. The van der Waals surface area contributed by atoms with E-state index < -0.39 is 21.3 Å². The van der Waals surface area contributed by atoms with E-state index in [1.54, 1.807) is 13.8 Å². The van der Waals surface area contributed by atoms with Crippen LogP contribution in [0.3, 0.4) is 0 Å². The van der Waals surface area contributed by atoms with Crippen LogP contribution in [-0.2, 0) is 14.8 Å². The molecule has 5 nitrogen and oxygen atoms in total. The standard InChI is InChI=1S/C8H18N2O3S/c1-4-8(3,6-9)7(11)10-14(12,13)5-2/h4-6,9H2,1-3H3,(H,10,11). The second-order valence-corrected chi connectivity index (χ2v) is 5.46. The summed E-state index contributed by atoms with van der Waals surface area (Å²) in [6.45, 7) is 5.05. The molecule has 0 heterocycles. The number of amides is 1. The van der Waals surface area contributed by atoms with E-state index in [4.69, 9.17) is 5.73 Å². The normalized spacial score (nSPS) is 16.0. The minimum Gasteiger partial charge on any atom is -0.329 e. The maximum absolute atomic E-state index is 11.5. The van der Waals surface area contributed by atoms with Crippen molar-refractivity contribution in [1.82, 2.24) is 4.72 Å². The molecule has 0 fully saturated rings. The maximum Gasteiger partial charge on any atom is 0.240 e. The first-order valence-electron chi connectivity index (χ1n) is 4.56. The van der Waals surface area contributed by atoms with Gasteiger partial charge in [0.1, 0.15) is 0 Å². The van der Waals surface area contributed by atoms with Crippen molar-refractivity contribution in [2.75, 3.05) is 12.3 Å². The average Bonchev–Trinajstić information content (AvgIpc) is 2.16. The lowest BCUT2D eigenvalue weighted by Gasteiger charge is -2.24. The van der Waals surface area contributed by atoms with Crippen molar-refractivity contribution in [1.29, 1.82) is 0 Å². The van der Waals surface area contributed by atoms with Crippen molar-refractivity contribution < 1.29 is 13.2 Å². The van der Waals surface area contributed by atoms with Crippen LogP contribution >= 0.6 is 0 Å². The average molecular weight is 222 g/mol. The van der Waals surface area contributed by atoms with E-state index in [2.05, 4.69) is 0 Å². The van der Waals surface area contributed by atoms with Crippen molar-refractivity contribution >= 4 is 15.9 Å². The lowest BCUT2D eigenvalue weighted by atomic mass is 9.87. The summed E-state index contributed by atoms with van der Waals surface area (Å²) in [6.07, 6.45) is 0.508. The summed E-state index contributed by atoms with van der Waals surface area (Å²) in [5, 5.41) is 0. The van der Waals surface area contributed by atoms with Gasteiger partial charge in [-0.3, -0.25) is 9.52 Å². The Kier molecular flexibility index (Phi) is 4.54. The highest BCUT2D eigenvalue weighted by Gasteiger charge is 2.31. The fourth-order valence-electron chi connectivity index (χ4n) is 0.734. The van der Waals surface area contributed by atoms with E-state index in [-0.39, 0.29) is 12.3 Å². The molecule has 6 heteroatoms. The van der Waals surface area contributed by atoms with Gasteiger partial charge in [0.2, 0.25) is 15.9 Å². The van der Waals surface area contributed by atoms with Gasteiger partial charge in [0.15, 0.2) is 0 Å². The van der Waals surface area contributed by atoms with E-state index in [0.29, 0.717) is 6.42 Å². The molecular formula is C8H18N2O3S. The first kappa shape index (κ1) is 13.4. The van der Waals surface area contributed by atoms with E-state index >= 15 is 0 Å². The predicted molar refractivity (Wildman–Crippen MR) is 55.1 cm³/mol. The van der Waals surface area contributed by atoms with Gasteiger partial charge in [-0.15, -0.1) is 0 Å². The molecule has 0 aromatic heterocycles. The number of rotatable bonds is 5. The number of hydrogen-bond donors (Lipinski definition) is 2. The van der Waals surface area contributed by atoms with Crippen LogP contribution in [0.15, 0.2) is 0 Å². The molecule has 0 rings (SSSR count). The number of carbonyl (C=O) groups excluding carboxylic acids is 1. The molecule has 14 heavy (non-hydrogen) atoms. The summed E-state index contributed by atoms with van der Waals surface area (Å²) in [7, 11) is -3.48. The molecule has 1 unspecified atom stereocenters. The molecule has 84 valence electrons. The molecule has 0 saturated heterocycles. The number of sulfonamides is 1. The highest BCUT2D eigenvalue weighted by atomic mass is 32.2. The lowest BCUT2D eigenvalue weighted by molar-refractivity contribution is -0.127. The Labute approximate surface area is 85.1 Å². The zero-order chi connectivity index (χ0) is 11.4. The summed E-state index contributed by atoms with van der Waals surface area (Å²) in [6, 6.07) is 0. The predicted octanol–water partition coefficient (Wildman–Crippen LogP) is -0.173. The Bertz CT molecular complexity index is 294. The van der Waals surface area contributed by atoms with Gasteiger partial charge in [0.05, 0.1) is 11.2 Å². The number of nitrogens with one attached hydrogen (secondary N) is 1. The minimum absolute atomic E-state index is 0.108. The quantitative estimate of drug-likeness (QED) is 0.675. The van der Waals surface area contributed by atoms with E-state index in [9.17, 15) is 13.2 Å². The molecule has 1 atom stereocenters. The Hall–Kier alpha value is -0.620. The number of hydrogen-bond acceptors (Lipinski definition) is 4. The third-order valence-electron chi connectivity index (χ3n) is 2.41. The highest BCUT2D eigenvalue weighted by Crippen LogP contribution is 2.19. The second kappa shape index (κ2) is 4.75. The minimum atomic E-state index is -3.48. The molecule has 0 aliphatic rings. The smallest absolute Gasteiger partial charge is 0.240 e. The summed E-state index contributed by atoms with van der Waals surface area (Å²) in [5.74, 6) is -0.632. The Morgan fingerprint density at radius 3 is 2.21 bits per heavy atom. The fourth-order valence-corrected chi connectivity index (χ4v) is 1.41. The van der Waals surface area contributed by atoms with E-state index in [0.717, 1.165) is 0 Å². The van der Waals surface area contributed by atoms with Crippen LogP contribution in [0.25, 0.3) is 0 Å². The SMILES string of the molecule is CCC(C)(CN)C(=O)NS(=O)(=O)CC. The fraction of sp³-hybridized carbons (Fsp3) is 0.875. The molecule has 3 N–H and O–H groups in total. The summed E-state index contributed by atoms with van der Waals surface area (Å²) in [5.41, 5.74) is 4.62. The Morgan fingerprint density at radius 2 is 1.93 bits per heavy atom. The van der Waals surface area contributed by atoms with Crippen molar-refractivity contribution in [2.24, 2.45) is 11.1 Å². The molecule has 0 aromatic rings. The molecule has 0 aromatic carbocycles. The van der Waals surface area contributed by atoms with E-state index in [1.807, 2.05) is 4.72 Å². The zero-order valence-corrected chi connectivity index (χ0v) is 9.65. The van der Waals surface area contributed by atoms with Gasteiger partial charge in [-0.05, 0) is 20.3 Å². The number of carbonyl (C=O) groups is 1. The number of nitrogens with two attached hydrogens (primary N) is 1. The summed E-state index contributed by atoms with van der Waals surface area (Å²) in [4.78, 5) is 11.5. The Balaban J connectivity index is 4.65. The van der Waals surface area contributed by atoms with Crippen LogP contribution in [-0.4, -0.2) is 26.6 Å². The molecule has 0 saturated carbocycles. The van der Waals surface area contributed by atoms with Gasteiger partial charge in [-0.2, -0.15) is 0 Å². The molecule has 1 amide bonds. The van der Waals surface area contributed by atoms with Gasteiger partial charge in [-0.1, -0.05) is 6.92 Å². The van der Waals surface area contributed by atoms with Crippen LogP contribution in [0.2, 0.25) is 0 Å². The maximum atomic E-state index is 11.5. The van der Waals surface area contributed by atoms with Crippen molar-refractivity contribution in [3.05, 3.63) is 0 Å². The van der Waals surface area contributed by atoms with Crippen molar-refractivity contribution in [3.8, 4) is 0 Å². The third kappa shape index (κ3) is 3.26. The topological polar surface area (TPSA) is 89.3 Å². The monoisotopic (exact) mass is 222 g/mol. The van der Waals surface area contributed by atoms with Crippen LogP contribution in [0.4, 0.5) is 0 Å². The van der Waals surface area contributed by atoms with Gasteiger partial charge in [-0.25, -0.2) is 8.42 Å². The van der Waals surface area contributed by atoms with Crippen molar-refractivity contribution in [3.63, 3.8) is 0 Å². The first-order valence-corrected chi connectivity index (χ1v) is 6.21. The van der Waals surface area contributed by atoms with Crippen LogP contribution in [0, 0.1) is 5.41 Å². The highest BCUT2D eigenvalue weighted by molar-refractivity contribution is 7.90. The molecule has 0 bridgehead atoms. The van der Waals surface area contributed by atoms with Crippen LogP contribution in [0.1, 0.15) is 27.2 Å². The zero-order valence-electron chi connectivity index (χ0n) is 8.83.